The number of carbonyl (C=O) groups excluding carboxylic acids is 2. The van der Waals surface area contributed by atoms with E-state index in [-0.39, 0.29) is 17.7 Å². The molecule has 1 aliphatic rings. The third-order valence-electron chi connectivity index (χ3n) is 5.34. The van der Waals surface area contributed by atoms with Crippen molar-refractivity contribution < 1.29 is 28.5 Å². The second-order valence-electron chi connectivity index (χ2n) is 7.60. The topological polar surface area (TPSA) is 98.7 Å². The quantitative estimate of drug-likeness (QED) is 0.550. The number of anilines is 1. The third-order valence-corrected chi connectivity index (χ3v) is 5.34. The summed E-state index contributed by atoms with van der Waals surface area (Å²) in [5, 5.41) is 8.52. The van der Waals surface area contributed by atoms with Crippen molar-refractivity contribution in [3.63, 3.8) is 0 Å². The predicted molar refractivity (Wildman–Crippen MR) is 130 cm³/mol. The maximum Gasteiger partial charge on any atom is 0.255 e. The van der Waals surface area contributed by atoms with E-state index < -0.39 is 6.23 Å². The summed E-state index contributed by atoms with van der Waals surface area (Å²) >= 11 is 0. The van der Waals surface area contributed by atoms with Crippen molar-refractivity contribution in [1.29, 1.82) is 0 Å². The zero-order valence-corrected chi connectivity index (χ0v) is 19.8. The molecule has 0 aromatic heterocycles. The molecule has 1 aliphatic heterocycles. The minimum Gasteiger partial charge on any atom is -0.493 e. The highest BCUT2D eigenvalue weighted by molar-refractivity contribution is 6.04. The maximum atomic E-state index is 12.6. The highest BCUT2D eigenvalue weighted by Crippen LogP contribution is 2.40. The number of hydrogen-bond acceptors (Lipinski definition) is 7. The number of ether oxygens (including phenoxy) is 4. The molecular weight excluding hydrogens is 450 g/mol. The van der Waals surface area contributed by atoms with E-state index in [9.17, 15) is 9.59 Å². The molecule has 1 N–H and O–H groups in total. The van der Waals surface area contributed by atoms with Gasteiger partial charge in [-0.15, -0.1) is 5.10 Å². The van der Waals surface area contributed by atoms with Crippen molar-refractivity contribution in [2.75, 3.05) is 26.6 Å². The molecule has 3 aromatic rings. The summed E-state index contributed by atoms with van der Waals surface area (Å²) in [6.45, 7) is 1.40. The molecule has 35 heavy (non-hydrogen) atoms. The van der Waals surface area contributed by atoms with Gasteiger partial charge in [-0.2, -0.15) is 5.01 Å². The van der Waals surface area contributed by atoms with Gasteiger partial charge >= 0.3 is 0 Å². The molecule has 1 atom stereocenters. The molecule has 2 amide bonds. The van der Waals surface area contributed by atoms with Crippen LogP contribution in [0.2, 0.25) is 0 Å². The van der Waals surface area contributed by atoms with Crippen LogP contribution in [-0.4, -0.2) is 44.1 Å². The van der Waals surface area contributed by atoms with Crippen molar-refractivity contribution in [2.45, 2.75) is 13.2 Å². The van der Waals surface area contributed by atoms with E-state index >= 15 is 0 Å². The summed E-state index contributed by atoms with van der Waals surface area (Å²) in [6, 6.07) is 19.4. The number of hydrogen-bond donors (Lipinski definition) is 1. The van der Waals surface area contributed by atoms with Gasteiger partial charge in [-0.25, -0.2) is 0 Å². The van der Waals surface area contributed by atoms with Crippen LogP contribution in [0.5, 0.6) is 17.2 Å². The Bertz CT molecular complexity index is 1250. The second-order valence-corrected chi connectivity index (χ2v) is 7.60. The van der Waals surface area contributed by atoms with Crippen molar-refractivity contribution in [3.05, 3.63) is 83.4 Å². The summed E-state index contributed by atoms with van der Waals surface area (Å²) in [5.41, 5.74) is 2.28. The first-order valence-electron chi connectivity index (χ1n) is 10.8. The van der Waals surface area contributed by atoms with E-state index in [0.717, 1.165) is 0 Å². The lowest BCUT2D eigenvalue weighted by atomic mass is 10.1. The number of nitrogens with zero attached hydrogens (tertiary/aromatic N) is 2. The van der Waals surface area contributed by atoms with Gasteiger partial charge in [0.25, 0.3) is 5.91 Å². The number of rotatable bonds is 7. The van der Waals surface area contributed by atoms with Crippen molar-refractivity contribution >= 4 is 23.4 Å². The van der Waals surface area contributed by atoms with Crippen LogP contribution in [0.1, 0.15) is 34.6 Å². The van der Waals surface area contributed by atoms with Gasteiger partial charge in [0.05, 0.1) is 21.3 Å². The Kier molecular flexibility index (Phi) is 6.86. The number of hydrazone groups is 1. The second kappa shape index (κ2) is 10.2. The van der Waals surface area contributed by atoms with Crippen LogP contribution < -0.4 is 19.5 Å². The molecular formula is C26H25N3O6. The molecule has 9 heteroatoms. The highest BCUT2D eigenvalue weighted by atomic mass is 16.5. The average molecular weight is 476 g/mol. The summed E-state index contributed by atoms with van der Waals surface area (Å²) in [4.78, 5) is 25.0. The van der Waals surface area contributed by atoms with E-state index in [0.29, 0.717) is 39.6 Å². The number of nitrogens with one attached hydrogen (secondary N) is 1. The van der Waals surface area contributed by atoms with Crippen LogP contribution in [0.4, 0.5) is 5.69 Å². The highest BCUT2D eigenvalue weighted by Gasteiger charge is 2.34. The lowest BCUT2D eigenvalue weighted by molar-refractivity contribution is -0.135. The first-order valence-corrected chi connectivity index (χ1v) is 10.8. The number of benzene rings is 3. The Morgan fingerprint density at radius 1 is 0.914 bits per heavy atom. The van der Waals surface area contributed by atoms with Crippen LogP contribution in [0.15, 0.2) is 71.8 Å². The van der Waals surface area contributed by atoms with Gasteiger partial charge in [0.15, 0.2) is 11.5 Å². The predicted octanol–water partition coefficient (Wildman–Crippen LogP) is 4.20. The van der Waals surface area contributed by atoms with E-state index in [1.807, 2.05) is 6.07 Å². The van der Waals surface area contributed by atoms with E-state index in [1.54, 1.807) is 60.7 Å². The Morgan fingerprint density at radius 2 is 1.60 bits per heavy atom. The van der Waals surface area contributed by atoms with Gasteiger partial charge in [-0.05, 0) is 36.4 Å². The monoisotopic (exact) mass is 475 g/mol. The molecule has 180 valence electrons. The zero-order valence-electron chi connectivity index (χ0n) is 19.8. The minimum atomic E-state index is -0.824. The van der Waals surface area contributed by atoms with E-state index in [4.69, 9.17) is 18.9 Å². The SMILES string of the molecule is COc1cc(C2=NN(C(C)=O)[C@@H](c3cccc(NC(=O)c4ccccc4)c3)O2)cc(OC)c1OC. The normalized spacial score (nSPS) is 14.6. The van der Waals surface area contributed by atoms with Gasteiger partial charge in [0.2, 0.25) is 23.8 Å². The zero-order chi connectivity index (χ0) is 24.9. The fraction of sp³-hybridized carbons (Fsp3) is 0.192. The minimum absolute atomic E-state index is 0.211. The first kappa shape index (κ1) is 23.6. The van der Waals surface area contributed by atoms with Crippen LogP contribution in [0.3, 0.4) is 0 Å². The summed E-state index contributed by atoms with van der Waals surface area (Å²) < 4.78 is 22.3. The van der Waals surface area contributed by atoms with Crippen LogP contribution in [0.25, 0.3) is 0 Å². The maximum absolute atomic E-state index is 12.6. The van der Waals surface area contributed by atoms with Crippen molar-refractivity contribution in [3.8, 4) is 17.2 Å². The average Bonchev–Trinajstić information content (AvgIpc) is 3.34. The van der Waals surface area contributed by atoms with Gasteiger partial charge in [0, 0.05) is 29.3 Å². The van der Waals surface area contributed by atoms with Gasteiger partial charge in [-0.3, -0.25) is 9.59 Å². The fourth-order valence-electron chi connectivity index (χ4n) is 3.67. The van der Waals surface area contributed by atoms with Gasteiger partial charge in [0.1, 0.15) is 0 Å². The number of methoxy groups -OCH3 is 3. The summed E-state index contributed by atoms with van der Waals surface area (Å²) in [6.07, 6.45) is -0.824. The summed E-state index contributed by atoms with van der Waals surface area (Å²) in [7, 11) is 4.54. The van der Waals surface area contributed by atoms with Crippen LogP contribution in [0, 0.1) is 0 Å². The van der Waals surface area contributed by atoms with Crippen LogP contribution in [-0.2, 0) is 9.53 Å². The third kappa shape index (κ3) is 4.89. The molecule has 0 saturated heterocycles. The summed E-state index contributed by atoms with van der Waals surface area (Å²) in [5.74, 6) is 0.944. The van der Waals surface area contributed by atoms with Crippen LogP contribution >= 0.6 is 0 Å². The fourth-order valence-corrected chi connectivity index (χ4v) is 3.67. The molecule has 0 fully saturated rings. The molecule has 0 radical (unpaired) electrons. The largest absolute Gasteiger partial charge is 0.493 e. The Balaban J connectivity index is 1.62. The van der Waals surface area contributed by atoms with Gasteiger partial charge in [-0.1, -0.05) is 30.3 Å². The van der Waals surface area contributed by atoms with Gasteiger partial charge < -0.3 is 24.3 Å². The molecule has 9 nitrogen and oxygen atoms in total. The molecule has 0 saturated carbocycles. The molecule has 0 spiro atoms. The number of carbonyl (C=O) groups is 2. The Hall–Kier alpha value is -4.53. The molecule has 0 unspecified atom stereocenters. The van der Waals surface area contributed by atoms with E-state index in [1.165, 1.54) is 33.3 Å². The molecule has 4 rings (SSSR count). The molecule has 1 heterocycles. The first-order chi connectivity index (χ1) is 16.9. The van der Waals surface area contributed by atoms with Crippen molar-refractivity contribution in [1.82, 2.24) is 5.01 Å². The molecule has 0 aliphatic carbocycles. The molecule has 3 aromatic carbocycles. The Labute approximate surface area is 202 Å². The molecule has 0 bridgehead atoms. The lowest BCUT2D eigenvalue weighted by Gasteiger charge is -2.20. The number of amides is 2. The lowest BCUT2D eigenvalue weighted by Crippen LogP contribution is -2.25. The Morgan fingerprint density at radius 3 is 2.20 bits per heavy atom. The van der Waals surface area contributed by atoms with Crippen molar-refractivity contribution in [2.24, 2.45) is 5.10 Å². The van der Waals surface area contributed by atoms with E-state index in [2.05, 4.69) is 10.4 Å². The standard InChI is InChI=1S/C26H25N3O6/c1-16(30)29-26(18-11-8-12-20(13-18)27-24(31)17-9-6-5-7-10-17)35-25(28-29)19-14-21(32-2)23(34-4)22(15-19)33-3/h5-15,26H,1-4H3,(H,27,31)/t26-/m1/s1. The smallest absolute Gasteiger partial charge is 0.255 e.